The predicted molar refractivity (Wildman–Crippen MR) is 106 cm³/mol. The number of anilines is 3. The molecule has 3 aromatic rings. The molecule has 0 saturated heterocycles. The molecule has 5 heteroatoms. The van der Waals surface area contributed by atoms with E-state index in [2.05, 4.69) is 46.6 Å². The largest absolute Gasteiger partial charge is 0.489 e. The second-order valence-corrected chi connectivity index (χ2v) is 6.14. The van der Waals surface area contributed by atoms with E-state index in [1.165, 1.54) is 0 Å². The molecule has 2 N–H and O–H groups in total. The van der Waals surface area contributed by atoms with E-state index in [1.54, 1.807) is 6.20 Å². The molecule has 134 valence electrons. The Morgan fingerprint density at radius 3 is 2.50 bits per heavy atom. The average molecular weight is 348 g/mol. The Morgan fingerprint density at radius 1 is 1.00 bits per heavy atom. The lowest BCUT2D eigenvalue weighted by atomic mass is 10.2. The molecule has 1 atom stereocenters. The summed E-state index contributed by atoms with van der Waals surface area (Å²) >= 11 is 0. The van der Waals surface area contributed by atoms with Gasteiger partial charge in [-0.15, -0.1) is 0 Å². The molecule has 0 radical (unpaired) electrons. The Balaban J connectivity index is 1.58. The quantitative estimate of drug-likeness (QED) is 0.599. The van der Waals surface area contributed by atoms with Crippen molar-refractivity contribution in [3.05, 3.63) is 72.4 Å². The average Bonchev–Trinajstić information content (AvgIpc) is 2.68. The van der Waals surface area contributed by atoms with Crippen LogP contribution in [0.1, 0.15) is 25.8 Å². The summed E-state index contributed by atoms with van der Waals surface area (Å²) in [7, 11) is 0. The zero-order valence-electron chi connectivity index (χ0n) is 15.1. The molecule has 0 fully saturated rings. The summed E-state index contributed by atoms with van der Waals surface area (Å²) in [6.07, 6.45) is 2.77. The van der Waals surface area contributed by atoms with Crippen molar-refractivity contribution in [3.8, 4) is 5.75 Å². The molecule has 26 heavy (non-hydrogen) atoms. The molecule has 0 aliphatic carbocycles. The first-order valence-electron chi connectivity index (χ1n) is 8.86. The van der Waals surface area contributed by atoms with Crippen molar-refractivity contribution in [1.82, 2.24) is 9.97 Å². The third-order valence-electron chi connectivity index (χ3n) is 4.02. The first-order valence-corrected chi connectivity index (χ1v) is 8.86. The van der Waals surface area contributed by atoms with Crippen molar-refractivity contribution in [1.29, 1.82) is 0 Å². The second-order valence-electron chi connectivity index (χ2n) is 6.14. The Labute approximate surface area is 154 Å². The van der Waals surface area contributed by atoms with Crippen LogP contribution in [0.3, 0.4) is 0 Å². The summed E-state index contributed by atoms with van der Waals surface area (Å²) in [6.45, 7) is 4.79. The fourth-order valence-corrected chi connectivity index (χ4v) is 2.34. The van der Waals surface area contributed by atoms with Gasteiger partial charge >= 0.3 is 0 Å². The van der Waals surface area contributed by atoms with Crippen molar-refractivity contribution in [3.63, 3.8) is 0 Å². The van der Waals surface area contributed by atoms with Gasteiger partial charge in [0, 0.05) is 17.9 Å². The smallest absolute Gasteiger partial charge is 0.224 e. The lowest BCUT2D eigenvalue weighted by molar-refractivity contribution is 0.306. The van der Waals surface area contributed by atoms with Crippen LogP contribution in [0.5, 0.6) is 5.75 Å². The van der Waals surface area contributed by atoms with Crippen LogP contribution in [0, 0.1) is 0 Å². The highest BCUT2D eigenvalue weighted by Crippen LogP contribution is 2.20. The Hall–Kier alpha value is -3.08. The van der Waals surface area contributed by atoms with Gasteiger partial charge in [-0.3, -0.25) is 0 Å². The van der Waals surface area contributed by atoms with Gasteiger partial charge in [0.15, 0.2) is 0 Å². The Bertz CT molecular complexity index is 806. The van der Waals surface area contributed by atoms with Crippen LogP contribution in [-0.2, 0) is 6.61 Å². The maximum Gasteiger partial charge on any atom is 0.224 e. The summed E-state index contributed by atoms with van der Waals surface area (Å²) in [5, 5.41) is 6.57. The molecule has 0 amide bonds. The molecule has 1 unspecified atom stereocenters. The number of ether oxygens (including phenoxy) is 1. The number of nitrogens with one attached hydrogen (secondary N) is 2. The van der Waals surface area contributed by atoms with Crippen LogP contribution >= 0.6 is 0 Å². The van der Waals surface area contributed by atoms with Crippen molar-refractivity contribution in [2.45, 2.75) is 32.9 Å². The van der Waals surface area contributed by atoms with Crippen LogP contribution in [-0.4, -0.2) is 16.0 Å². The van der Waals surface area contributed by atoms with Gasteiger partial charge in [0.05, 0.1) is 0 Å². The van der Waals surface area contributed by atoms with Gasteiger partial charge < -0.3 is 15.4 Å². The molecule has 0 saturated carbocycles. The van der Waals surface area contributed by atoms with Crippen molar-refractivity contribution >= 4 is 17.5 Å². The van der Waals surface area contributed by atoms with Crippen LogP contribution in [0.2, 0.25) is 0 Å². The van der Waals surface area contributed by atoms with E-state index in [1.807, 2.05) is 48.5 Å². The summed E-state index contributed by atoms with van der Waals surface area (Å²) in [5.41, 5.74) is 2.10. The third kappa shape index (κ3) is 5.21. The molecule has 0 aliphatic heterocycles. The van der Waals surface area contributed by atoms with E-state index in [-0.39, 0.29) is 0 Å². The molecule has 2 aromatic carbocycles. The van der Waals surface area contributed by atoms with Crippen molar-refractivity contribution in [2.24, 2.45) is 0 Å². The predicted octanol–water partition coefficient (Wildman–Crippen LogP) is 5.01. The molecular formula is C21H24N4O. The number of rotatable bonds is 8. The molecule has 0 spiro atoms. The fourth-order valence-electron chi connectivity index (χ4n) is 2.34. The van der Waals surface area contributed by atoms with Crippen molar-refractivity contribution in [2.75, 3.05) is 10.6 Å². The highest BCUT2D eigenvalue weighted by Gasteiger charge is 2.04. The number of aromatic nitrogens is 2. The monoisotopic (exact) mass is 348 g/mol. The maximum absolute atomic E-state index is 5.81. The summed E-state index contributed by atoms with van der Waals surface area (Å²) in [6, 6.07) is 20.2. The van der Waals surface area contributed by atoms with Crippen LogP contribution in [0.4, 0.5) is 17.5 Å². The minimum absolute atomic E-state index is 0.339. The highest BCUT2D eigenvalue weighted by molar-refractivity contribution is 5.57. The SMILES string of the molecule is CCC(C)Nc1nccc(Nc2ccc(OCc3ccccc3)cc2)n1. The molecule has 1 aromatic heterocycles. The minimum Gasteiger partial charge on any atom is -0.489 e. The normalized spacial score (nSPS) is 11.6. The van der Waals surface area contributed by atoms with Gasteiger partial charge in [-0.2, -0.15) is 4.98 Å². The zero-order chi connectivity index (χ0) is 18.2. The molecule has 1 heterocycles. The van der Waals surface area contributed by atoms with E-state index in [4.69, 9.17) is 4.74 Å². The third-order valence-corrected chi connectivity index (χ3v) is 4.02. The lowest BCUT2D eigenvalue weighted by Crippen LogP contribution is -2.15. The standard InChI is InChI=1S/C21H24N4O/c1-3-16(2)23-21-22-14-13-20(25-21)24-18-9-11-19(12-10-18)26-15-17-7-5-4-6-8-17/h4-14,16H,3,15H2,1-2H3,(H2,22,23,24,25). The lowest BCUT2D eigenvalue weighted by Gasteiger charge is -2.12. The van der Waals surface area contributed by atoms with E-state index in [0.717, 1.165) is 29.2 Å². The van der Waals surface area contributed by atoms with Gasteiger partial charge in [-0.05, 0) is 49.2 Å². The van der Waals surface area contributed by atoms with Gasteiger partial charge in [-0.1, -0.05) is 37.3 Å². The molecule has 0 bridgehead atoms. The Morgan fingerprint density at radius 2 is 1.77 bits per heavy atom. The first-order chi connectivity index (χ1) is 12.7. The topological polar surface area (TPSA) is 59.1 Å². The minimum atomic E-state index is 0.339. The zero-order valence-corrected chi connectivity index (χ0v) is 15.1. The number of hydrogen-bond donors (Lipinski definition) is 2. The Kier molecular flexibility index (Phi) is 6.04. The summed E-state index contributed by atoms with van der Waals surface area (Å²) in [4.78, 5) is 8.74. The molecular weight excluding hydrogens is 324 g/mol. The highest BCUT2D eigenvalue weighted by atomic mass is 16.5. The molecule has 3 rings (SSSR count). The van der Waals surface area contributed by atoms with Gasteiger partial charge in [0.1, 0.15) is 18.2 Å². The van der Waals surface area contributed by atoms with Crippen LogP contribution in [0.15, 0.2) is 66.9 Å². The van der Waals surface area contributed by atoms with E-state index < -0.39 is 0 Å². The second kappa shape index (κ2) is 8.85. The van der Waals surface area contributed by atoms with E-state index in [0.29, 0.717) is 18.6 Å². The number of benzene rings is 2. The first kappa shape index (κ1) is 17.7. The van der Waals surface area contributed by atoms with E-state index >= 15 is 0 Å². The van der Waals surface area contributed by atoms with Gasteiger partial charge in [0.25, 0.3) is 0 Å². The van der Waals surface area contributed by atoms with E-state index in [9.17, 15) is 0 Å². The fraction of sp³-hybridized carbons (Fsp3) is 0.238. The maximum atomic E-state index is 5.81. The summed E-state index contributed by atoms with van der Waals surface area (Å²) < 4.78 is 5.81. The molecule has 0 aliphatic rings. The van der Waals surface area contributed by atoms with Crippen molar-refractivity contribution < 1.29 is 4.74 Å². The van der Waals surface area contributed by atoms with Crippen LogP contribution < -0.4 is 15.4 Å². The number of nitrogens with zero attached hydrogens (tertiary/aromatic N) is 2. The summed E-state index contributed by atoms with van der Waals surface area (Å²) in [5.74, 6) is 2.22. The van der Waals surface area contributed by atoms with Crippen LogP contribution in [0.25, 0.3) is 0 Å². The number of hydrogen-bond acceptors (Lipinski definition) is 5. The van der Waals surface area contributed by atoms with Gasteiger partial charge in [-0.25, -0.2) is 4.98 Å². The van der Waals surface area contributed by atoms with Gasteiger partial charge in [0.2, 0.25) is 5.95 Å². The molecule has 5 nitrogen and oxygen atoms in total.